The summed E-state index contributed by atoms with van der Waals surface area (Å²) in [5.41, 5.74) is 12.4. The van der Waals surface area contributed by atoms with E-state index in [-0.39, 0.29) is 12.8 Å². The standard InChI is InChI=1S/C13H19N5O2/c1-16-12(14)17-13(15)18(2)7-6-9-4-3-5-10-11(9)20-8-19-10/h3-5H,6-8H2,1-2H3,(H4,14,15,16,17). The number of rotatable bonds is 3. The highest BCUT2D eigenvalue weighted by molar-refractivity contribution is 5.93. The van der Waals surface area contributed by atoms with Crippen molar-refractivity contribution in [1.82, 2.24) is 4.90 Å². The Morgan fingerprint density at radius 2 is 2.15 bits per heavy atom. The molecule has 7 nitrogen and oxygen atoms in total. The van der Waals surface area contributed by atoms with Crippen LogP contribution in [0.15, 0.2) is 28.2 Å². The summed E-state index contributed by atoms with van der Waals surface area (Å²) < 4.78 is 10.8. The second kappa shape index (κ2) is 6.14. The normalized spacial score (nSPS) is 14.5. The van der Waals surface area contributed by atoms with Crippen LogP contribution in [0.5, 0.6) is 11.5 Å². The first kappa shape index (κ1) is 14.0. The highest BCUT2D eigenvalue weighted by Gasteiger charge is 2.17. The zero-order valence-corrected chi connectivity index (χ0v) is 11.7. The molecule has 0 bridgehead atoms. The Hall–Kier alpha value is -2.44. The maximum atomic E-state index is 5.83. The molecule has 0 aliphatic carbocycles. The van der Waals surface area contributed by atoms with Crippen molar-refractivity contribution in [1.29, 1.82) is 0 Å². The first-order valence-corrected chi connectivity index (χ1v) is 6.27. The van der Waals surface area contributed by atoms with Crippen molar-refractivity contribution in [2.24, 2.45) is 21.5 Å². The Kier molecular flexibility index (Phi) is 4.29. The van der Waals surface area contributed by atoms with Gasteiger partial charge in [-0.2, -0.15) is 4.99 Å². The monoisotopic (exact) mass is 277 g/mol. The van der Waals surface area contributed by atoms with Crippen molar-refractivity contribution in [3.8, 4) is 11.5 Å². The van der Waals surface area contributed by atoms with Gasteiger partial charge in [0.15, 0.2) is 17.5 Å². The molecule has 1 aromatic carbocycles. The fourth-order valence-electron chi connectivity index (χ4n) is 1.84. The lowest BCUT2D eigenvalue weighted by atomic mass is 10.1. The highest BCUT2D eigenvalue weighted by atomic mass is 16.7. The zero-order chi connectivity index (χ0) is 14.5. The molecule has 0 atom stereocenters. The molecule has 1 aliphatic rings. The van der Waals surface area contributed by atoms with Gasteiger partial charge in [-0.15, -0.1) is 0 Å². The molecule has 1 heterocycles. The van der Waals surface area contributed by atoms with Crippen LogP contribution in [0.1, 0.15) is 5.56 Å². The van der Waals surface area contributed by atoms with Crippen molar-refractivity contribution >= 4 is 11.9 Å². The van der Waals surface area contributed by atoms with Crippen molar-refractivity contribution in [3.63, 3.8) is 0 Å². The lowest BCUT2D eigenvalue weighted by molar-refractivity contribution is 0.173. The van der Waals surface area contributed by atoms with Gasteiger partial charge in [0.1, 0.15) is 0 Å². The molecule has 0 saturated carbocycles. The number of nitrogens with zero attached hydrogens (tertiary/aromatic N) is 3. The van der Waals surface area contributed by atoms with E-state index in [4.69, 9.17) is 20.9 Å². The quantitative estimate of drug-likeness (QED) is 0.605. The summed E-state index contributed by atoms with van der Waals surface area (Å²) in [6.07, 6.45) is 0.766. The van der Waals surface area contributed by atoms with Crippen LogP contribution in [-0.2, 0) is 6.42 Å². The van der Waals surface area contributed by atoms with Crippen LogP contribution in [0.2, 0.25) is 0 Å². The van der Waals surface area contributed by atoms with Gasteiger partial charge in [0.25, 0.3) is 0 Å². The smallest absolute Gasteiger partial charge is 0.231 e. The van der Waals surface area contributed by atoms with E-state index in [9.17, 15) is 0 Å². The molecule has 0 radical (unpaired) electrons. The number of likely N-dealkylation sites (N-methyl/N-ethyl adjacent to an activating group) is 1. The Morgan fingerprint density at radius 1 is 1.35 bits per heavy atom. The highest BCUT2D eigenvalue weighted by Crippen LogP contribution is 2.35. The number of benzene rings is 1. The number of hydrogen-bond acceptors (Lipinski definition) is 3. The maximum Gasteiger partial charge on any atom is 0.231 e. The minimum atomic E-state index is 0.159. The molecule has 108 valence electrons. The van der Waals surface area contributed by atoms with Crippen molar-refractivity contribution < 1.29 is 9.47 Å². The first-order valence-electron chi connectivity index (χ1n) is 6.27. The van der Waals surface area contributed by atoms with Crippen molar-refractivity contribution in [3.05, 3.63) is 23.8 Å². The molecule has 0 unspecified atom stereocenters. The topological polar surface area (TPSA) is 98.5 Å². The van der Waals surface area contributed by atoms with Crippen LogP contribution in [0.3, 0.4) is 0 Å². The minimum absolute atomic E-state index is 0.159. The van der Waals surface area contributed by atoms with Crippen LogP contribution in [0, 0.1) is 0 Å². The third-order valence-electron chi connectivity index (χ3n) is 3.04. The number of aliphatic imine (C=N–C) groups is 2. The van der Waals surface area contributed by atoms with Gasteiger partial charge in [0, 0.05) is 20.6 Å². The van der Waals surface area contributed by atoms with Crippen LogP contribution < -0.4 is 20.9 Å². The van der Waals surface area contributed by atoms with E-state index in [1.807, 2.05) is 30.1 Å². The average molecular weight is 277 g/mol. The number of guanidine groups is 2. The Bertz CT molecular complexity index is 542. The summed E-state index contributed by atoms with van der Waals surface area (Å²) in [4.78, 5) is 9.53. The fraction of sp³-hybridized carbons (Fsp3) is 0.385. The third-order valence-corrected chi connectivity index (χ3v) is 3.04. The number of hydrogen-bond donors (Lipinski definition) is 2. The Labute approximate surface area is 117 Å². The third kappa shape index (κ3) is 3.11. The van der Waals surface area contributed by atoms with E-state index >= 15 is 0 Å². The number of fused-ring (bicyclic) bond motifs is 1. The van der Waals surface area contributed by atoms with E-state index in [1.54, 1.807) is 7.05 Å². The predicted molar refractivity (Wildman–Crippen MR) is 78.1 cm³/mol. The van der Waals surface area contributed by atoms with Gasteiger partial charge in [0.05, 0.1) is 0 Å². The molecule has 0 saturated heterocycles. The van der Waals surface area contributed by atoms with Gasteiger partial charge in [0.2, 0.25) is 12.8 Å². The van der Waals surface area contributed by atoms with Gasteiger partial charge in [-0.25, -0.2) is 0 Å². The largest absolute Gasteiger partial charge is 0.454 e. The maximum absolute atomic E-state index is 5.83. The van der Waals surface area contributed by atoms with Crippen LogP contribution >= 0.6 is 0 Å². The molecule has 0 spiro atoms. The molecule has 4 N–H and O–H groups in total. The van der Waals surface area contributed by atoms with E-state index in [1.165, 1.54) is 0 Å². The van der Waals surface area contributed by atoms with E-state index < -0.39 is 0 Å². The van der Waals surface area contributed by atoms with Crippen molar-refractivity contribution in [2.75, 3.05) is 27.4 Å². The van der Waals surface area contributed by atoms with Crippen LogP contribution in [0.4, 0.5) is 0 Å². The summed E-state index contributed by atoms with van der Waals surface area (Å²) in [6, 6.07) is 5.85. The fourth-order valence-corrected chi connectivity index (χ4v) is 1.84. The summed E-state index contributed by atoms with van der Waals surface area (Å²) in [5.74, 6) is 2.09. The summed E-state index contributed by atoms with van der Waals surface area (Å²) in [5, 5.41) is 0. The summed E-state index contributed by atoms with van der Waals surface area (Å²) in [7, 11) is 3.42. The second-order valence-electron chi connectivity index (χ2n) is 4.37. The molecule has 7 heteroatoms. The van der Waals surface area contributed by atoms with Crippen LogP contribution in [-0.4, -0.2) is 44.3 Å². The predicted octanol–water partition coefficient (Wildman–Crippen LogP) is 0.149. The first-order chi connectivity index (χ1) is 9.61. The number of ether oxygens (including phenoxy) is 2. The van der Waals surface area contributed by atoms with Crippen molar-refractivity contribution in [2.45, 2.75) is 6.42 Å². The molecule has 2 rings (SSSR count). The van der Waals surface area contributed by atoms with Gasteiger partial charge in [-0.1, -0.05) is 12.1 Å². The van der Waals surface area contributed by atoms with Gasteiger partial charge in [-0.3, -0.25) is 4.99 Å². The van der Waals surface area contributed by atoms with Gasteiger partial charge < -0.3 is 25.8 Å². The van der Waals surface area contributed by atoms with E-state index in [2.05, 4.69) is 9.98 Å². The van der Waals surface area contributed by atoms with Gasteiger partial charge in [-0.05, 0) is 18.1 Å². The molecular weight excluding hydrogens is 258 g/mol. The number of para-hydroxylation sites is 1. The van der Waals surface area contributed by atoms with Gasteiger partial charge >= 0.3 is 0 Å². The van der Waals surface area contributed by atoms with E-state index in [0.29, 0.717) is 12.5 Å². The molecule has 0 fully saturated rings. The zero-order valence-electron chi connectivity index (χ0n) is 11.7. The molecule has 20 heavy (non-hydrogen) atoms. The average Bonchev–Trinajstić information content (AvgIpc) is 2.93. The lowest BCUT2D eigenvalue weighted by Gasteiger charge is -2.18. The molecule has 0 aromatic heterocycles. The summed E-state index contributed by atoms with van der Waals surface area (Å²) >= 11 is 0. The van der Waals surface area contributed by atoms with Crippen LogP contribution in [0.25, 0.3) is 0 Å². The Morgan fingerprint density at radius 3 is 2.90 bits per heavy atom. The minimum Gasteiger partial charge on any atom is -0.454 e. The van der Waals surface area contributed by atoms with E-state index in [0.717, 1.165) is 23.5 Å². The second-order valence-corrected chi connectivity index (χ2v) is 4.37. The SMILES string of the molecule is CN=C(N)/N=C(\N)N(C)CCc1cccc2c1OCO2. The molecule has 1 aromatic rings. The Balaban J connectivity index is 1.99. The molecular formula is C13H19N5O2. The molecule has 1 aliphatic heterocycles. The summed E-state index contributed by atoms with van der Waals surface area (Å²) in [6.45, 7) is 0.960. The lowest BCUT2D eigenvalue weighted by Crippen LogP contribution is -2.37. The number of nitrogens with two attached hydrogens (primary N) is 2. The molecule has 0 amide bonds.